The summed E-state index contributed by atoms with van der Waals surface area (Å²) in [4.78, 5) is 10.8. The summed E-state index contributed by atoms with van der Waals surface area (Å²) in [6.45, 7) is 11.6. The number of benzene rings is 1. The van der Waals surface area contributed by atoms with Crippen LogP contribution in [0.4, 0.5) is 5.69 Å². The Morgan fingerprint density at radius 2 is 1.52 bits per heavy atom. The fourth-order valence-corrected chi connectivity index (χ4v) is 2.34. The molecular formula is C22H37NO4. The SMILES string of the molecule is CC(C)Nc1ccc(OCCCOCCCCOCCC(C)(C)C=O)cc1. The lowest BCUT2D eigenvalue weighted by Crippen LogP contribution is -2.16. The first kappa shape index (κ1) is 23.4. The highest BCUT2D eigenvalue weighted by molar-refractivity contribution is 5.57. The zero-order valence-corrected chi connectivity index (χ0v) is 17.5. The number of aldehydes is 1. The van der Waals surface area contributed by atoms with E-state index in [1.807, 2.05) is 38.1 Å². The van der Waals surface area contributed by atoms with Gasteiger partial charge in [0.1, 0.15) is 12.0 Å². The van der Waals surface area contributed by atoms with Crippen molar-refractivity contribution < 1.29 is 19.0 Å². The van der Waals surface area contributed by atoms with E-state index in [1.165, 1.54) is 0 Å². The zero-order valence-electron chi connectivity index (χ0n) is 17.5. The van der Waals surface area contributed by atoms with Crippen LogP contribution in [0.15, 0.2) is 24.3 Å². The summed E-state index contributed by atoms with van der Waals surface area (Å²) in [6.07, 6.45) is 4.61. The molecule has 0 aliphatic heterocycles. The van der Waals surface area contributed by atoms with E-state index >= 15 is 0 Å². The number of unbranched alkanes of at least 4 members (excludes halogenated alkanes) is 1. The molecule has 1 rings (SSSR count). The lowest BCUT2D eigenvalue weighted by Gasteiger charge is -2.16. The topological polar surface area (TPSA) is 56.8 Å². The normalized spacial score (nSPS) is 11.6. The first-order valence-corrected chi connectivity index (χ1v) is 10.0. The van der Waals surface area contributed by atoms with Gasteiger partial charge < -0.3 is 24.3 Å². The minimum Gasteiger partial charge on any atom is -0.494 e. The third-order valence-electron chi connectivity index (χ3n) is 4.05. The number of ether oxygens (including phenoxy) is 3. The Hall–Kier alpha value is -1.59. The van der Waals surface area contributed by atoms with Gasteiger partial charge in [-0.3, -0.25) is 0 Å². The van der Waals surface area contributed by atoms with E-state index in [4.69, 9.17) is 14.2 Å². The van der Waals surface area contributed by atoms with E-state index < -0.39 is 0 Å². The van der Waals surface area contributed by atoms with Crippen molar-refractivity contribution >= 4 is 12.0 Å². The quantitative estimate of drug-likeness (QED) is 0.333. The molecule has 0 saturated carbocycles. The van der Waals surface area contributed by atoms with Gasteiger partial charge in [-0.15, -0.1) is 0 Å². The Balaban J connectivity index is 1.91. The standard InChI is InChI=1S/C22H37NO4/c1-19(2)23-20-8-10-21(11-9-20)27-16-7-15-25-13-5-6-14-26-17-12-22(3,4)18-24/h8-11,18-19,23H,5-7,12-17H2,1-4H3. The highest BCUT2D eigenvalue weighted by atomic mass is 16.5. The van der Waals surface area contributed by atoms with Crippen molar-refractivity contribution in [2.75, 3.05) is 38.4 Å². The highest BCUT2D eigenvalue weighted by Gasteiger charge is 2.15. The van der Waals surface area contributed by atoms with E-state index in [1.54, 1.807) is 0 Å². The molecule has 5 heteroatoms. The molecule has 0 aliphatic rings. The summed E-state index contributed by atoms with van der Waals surface area (Å²) in [5, 5.41) is 3.35. The van der Waals surface area contributed by atoms with Crippen molar-refractivity contribution in [1.29, 1.82) is 0 Å². The molecule has 0 spiro atoms. The lowest BCUT2D eigenvalue weighted by atomic mass is 9.92. The van der Waals surface area contributed by atoms with Crippen LogP contribution in [-0.4, -0.2) is 45.4 Å². The summed E-state index contributed by atoms with van der Waals surface area (Å²) in [6, 6.07) is 8.47. The molecule has 0 amide bonds. The molecule has 0 bridgehead atoms. The van der Waals surface area contributed by atoms with Gasteiger partial charge in [0.25, 0.3) is 0 Å². The molecule has 1 aromatic carbocycles. The number of hydrogen-bond donors (Lipinski definition) is 1. The van der Waals surface area contributed by atoms with Gasteiger partial charge in [0.15, 0.2) is 0 Å². The Labute approximate surface area is 164 Å². The number of carbonyl (C=O) groups excluding carboxylic acids is 1. The molecule has 0 aromatic heterocycles. The first-order valence-electron chi connectivity index (χ1n) is 10.0. The molecule has 0 saturated heterocycles. The molecule has 5 nitrogen and oxygen atoms in total. The summed E-state index contributed by atoms with van der Waals surface area (Å²) in [5.74, 6) is 0.888. The van der Waals surface area contributed by atoms with E-state index in [2.05, 4.69) is 19.2 Å². The van der Waals surface area contributed by atoms with Crippen LogP contribution in [0.5, 0.6) is 5.75 Å². The largest absolute Gasteiger partial charge is 0.494 e. The Kier molecular flexibility index (Phi) is 11.8. The van der Waals surface area contributed by atoms with Crippen LogP contribution < -0.4 is 10.1 Å². The second-order valence-corrected chi connectivity index (χ2v) is 7.81. The first-order chi connectivity index (χ1) is 12.9. The van der Waals surface area contributed by atoms with Gasteiger partial charge in [-0.2, -0.15) is 0 Å². The van der Waals surface area contributed by atoms with Crippen molar-refractivity contribution in [3.8, 4) is 5.75 Å². The summed E-state index contributed by atoms with van der Waals surface area (Å²) < 4.78 is 16.9. The van der Waals surface area contributed by atoms with Crippen molar-refractivity contribution in [1.82, 2.24) is 0 Å². The number of carbonyl (C=O) groups is 1. The fourth-order valence-electron chi connectivity index (χ4n) is 2.34. The number of rotatable bonds is 16. The molecule has 1 aromatic rings. The predicted molar refractivity (Wildman–Crippen MR) is 111 cm³/mol. The second kappa shape index (κ2) is 13.6. The molecule has 0 radical (unpaired) electrons. The molecule has 1 N–H and O–H groups in total. The zero-order chi connectivity index (χ0) is 20.0. The third-order valence-corrected chi connectivity index (χ3v) is 4.05. The van der Waals surface area contributed by atoms with Crippen molar-refractivity contribution in [2.24, 2.45) is 5.41 Å². The van der Waals surface area contributed by atoms with E-state index in [0.717, 1.165) is 56.6 Å². The minimum absolute atomic E-state index is 0.280. The minimum atomic E-state index is -0.280. The summed E-state index contributed by atoms with van der Waals surface area (Å²) >= 11 is 0. The molecular weight excluding hydrogens is 342 g/mol. The van der Waals surface area contributed by atoms with Crippen molar-refractivity contribution in [3.05, 3.63) is 24.3 Å². The average Bonchev–Trinajstić information content (AvgIpc) is 2.63. The molecule has 0 heterocycles. The number of anilines is 1. The lowest BCUT2D eigenvalue weighted by molar-refractivity contribution is -0.115. The van der Waals surface area contributed by atoms with Crippen LogP contribution >= 0.6 is 0 Å². The van der Waals surface area contributed by atoms with Gasteiger partial charge in [0.05, 0.1) is 6.61 Å². The fraction of sp³-hybridized carbons (Fsp3) is 0.682. The van der Waals surface area contributed by atoms with E-state index in [-0.39, 0.29) is 5.41 Å². The maximum atomic E-state index is 10.8. The number of hydrogen-bond acceptors (Lipinski definition) is 5. The molecule has 0 unspecified atom stereocenters. The average molecular weight is 380 g/mol. The summed E-state index contributed by atoms with van der Waals surface area (Å²) in [5.41, 5.74) is 0.829. The summed E-state index contributed by atoms with van der Waals surface area (Å²) in [7, 11) is 0. The highest BCUT2D eigenvalue weighted by Crippen LogP contribution is 2.17. The van der Waals surface area contributed by atoms with Gasteiger partial charge in [0.2, 0.25) is 0 Å². The third kappa shape index (κ3) is 12.4. The second-order valence-electron chi connectivity index (χ2n) is 7.81. The van der Waals surface area contributed by atoms with Gasteiger partial charge >= 0.3 is 0 Å². The van der Waals surface area contributed by atoms with Crippen LogP contribution in [0.3, 0.4) is 0 Å². The maximum Gasteiger partial charge on any atom is 0.125 e. The smallest absolute Gasteiger partial charge is 0.125 e. The molecule has 0 aliphatic carbocycles. The van der Waals surface area contributed by atoms with Crippen LogP contribution in [0.2, 0.25) is 0 Å². The van der Waals surface area contributed by atoms with Crippen molar-refractivity contribution in [3.63, 3.8) is 0 Å². The van der Waals surface area contributed by atoms with Crippen LogP contribution in [0.25, 0.3) is 0 Å². The molecule has 154 valence electrons. The maximum absolute atomic E-state index is 10.8. The van der Waals surface area contributed by atoms with Gasteiger partial charge in [-0.05, 0) is 57.4 Å². The Morgan fingerprint density at radius 3 is 2.11 bits per heavy atom. The van der Waals surface area contributed by atoms with Crippen LogP contribution in [0, 0.1) is 5.41 Å². The van der Waals surface area contributed by atoms with Crippen molar-refractivity contribution in [2.45, 2.75) is 59.4 Å². The number of nitrogens with one attached hydrogen (secondary N) is 1. The van der Waals surface area contributed by atoms with E-state index in [9.17, 15) is 4.79 Å². The van der Waals surface area contributed by atoms with E-state index in [0.29, 0.717) is 25.9 Å². The predicted octanol–water partition coefficient (Wildman–Crippen LogP) is 4.70. The molecule has 0 atom stereocenters. The molecule has 0 fully saturated rings. The van der Waals surface area contributed by atoms with Gasteiger partial charge in [0, 0.05) is 50.0 Å². The van der Waals surface area contributed by atoms with Crippen LogP contribution in [-0.2, 0) is 14.3 Å². The van der Waals surface area contributed by atoms with Gasteiger partial charge in [-0.25, -0.2) is 0 Å². The Morgan fingerprint density at radius 1 is 0.926 bits per heavy atom. The van der Waals surface area contributed by atoms with Crippen LogP contribution in [0.1, 0.15) is 53.4 Å². The van der Waals surface area contributed by atoms with Gasteiger partial charge in [-0.1, -0.05) is 13.8 Å². The Bertz CT molecular complexity index is 500. The monoisotopic (exact) mass is 379 g/mol. The molecule has 27 heavy (non-hydrogen) atoms.